The fraction of sp³-hybridized carbons (Fsp3) is 0.200. The molecule has 5 heteroatoms. The average Bonchev–Trinajstić information content (AvgIpc) is 2.62. The summed E-state index contributed by atoms with van der Waals surface area (Å²) in [5.74, 6) is 0.534. The number of hydrogen-bond donors (Lipinski definition) is 2. The highest BCUT2D eigenvalue weighted by molar-refractivity contribution is 5.90. The molecule has 1 aliphatic heterocycles. The summed E-state index contributed by atoms with van der Waals surface area (Å²) in [5.41, 5.74) is 11.3. The van der Waals surface area contributed by atoms with Gasteiger partial charge < -0.3 is 10.5 Å². The zero-order chi connectivity index (χ0) is 17.6. The number of nitrogens with zero attached hydrogens (tertiary/aromatic N) is 1. The van der Waals surface area contributed by atoms with Crippen molar-refractivity contribution in [3.05, 3.63) is 71.3 Å². The van der Waals surface area contributed by atoms with Crippen molar-refractivity contribution >= 4 is 18.2 Å². The molecule has 0 fully saturated rings. The van der Waals surface area contributed by atoms with Gasteiger partial charge in [0.2, 0.25) is 0 Å². The molecule has 2 aromatic rings. The summed E-state index contributed by atoms with van der Waals surface area (Å²) in [6.45, 7) is 1.94. The van der Waals surface area contributed by atoms with Gasteiger partial charge in [-0.1, -0.05) is 48.5 Å². The van der Waals surface area contributed by atoms with Gasteiger partial charge in [-0.25, -0.2) is 5.43 Å². The largest absolute Gasteiger partial charge is 0.485 e. The third-order valence-electron chi connectivity index (χ3n) is 4.04. The predicted molar refractivity (Wildman–Crippen MR) is 99.3 cm³/mol. The molecule has 0 aliphatic carbocycles. The zero-order valence-electron chi connectivity index (χ0n) is 14.1. The summed E-state index contributed by atoms with van der Waals surface area (Å²) in [7, 11) is 0. The lowest BCUT2D eigenvalue weighted by Gasteiger charge is -2.22. The summed E-state index contributed by atoms with van der Waals surface area (Å²) < 4.78 is 5.83. The van der Waals surface area contributed by atoms with Crippen molar-refractivity contribution in [3.8, 4) is 5.75 Å². The van der Waals surface area contributed by atoms with Crippen LogP contribution < -0.4 is 15.9 Å². The van der Waals surface area contributed by atoms with Crippen LogP contribution in [0.5, 0.6) is 5.75 Å². The van der Waals surface area contributed by atoms with Crippen LogP contribution in [0.3, 0.4) is 0 Å². The number of para-hydroxylation sites is 1. The van der Waals surface area contributed by atoms with E-state index in [2.05, 4.69) is 10.5 Å². The van der Waals surface area contributed by atoms with Crippen LogP contribution >= 0.6 is 0 Å². The molecule has 25 heavy (non-hydrogen) atoms. The van der Waals surface area contributed by atoms with Crippen LogP contribution in [0.1, 0.15) is 18.1 Å². The van der Waals surface area contributed by atoms with E-state index in [9.17, 15) is 4.79 Å². The number of hydrazone groups is 1. The molecule has 2 atom stereocenters. The van der Waals surface area contributed by atoms with Crippen LogP contribution in [0.2, 0.25) is 0 Å². The number of hydrogen-bond acceptors (Lipinski definition) is 4. The molecule has 128 valence electrons. The van der Waals surface area contributed by atoms with Gasteiger partial charge in [-0.3, -0.25) is 4.79 Å². The SMILES string of the molecule is C[C@H]1Oc2ccccc2C=C1/C=N\NC(=O)[C@H](N)Cc1ccccc1. The van der Waals surface area contributed by atoms with Crippen molar-refractivity contribution < 1.29 is 9.53 Å². The second-order valence-electron chi connectivity index (χ2n) is 5.97. The van der Waals surface area contributed by atoms with Gasteiger partial charge >= 0.3 is 0 Å². The molecule has 1 heterocycles. The Balaban J connectivity index is 1.59. The number of carbonyl (C=O) groups is 1. The standard InChI is InChI=1S/C20H21N3O2/c1-14-17(12-16-9-5-6-10-19(16)25-14)13-22-23-20(24)18(21)11-15-7-3-2-4-8-15/h2-10,12-14,18H,11,21H2,1H3,(H,23,24)/b22-13-/t14-,18-/m1/s1. The topological polar surface area (TPSA) is 76.7 Å². The van der Waals surface area contributed by atoms with Gasteiger partial charge in [-0.2, -0.15) is 5.10 Å². The summed E-state index contributed by atoms with van der Waals surface area (Å²) >= 11 is 0. The van der Waals surface area contributed by atoms with Crippen molar-refractivity contribution in [1.29, 1.82) is 0 Å². The van der Waals surface area contributed by atoms with Crippen LogP contribution in [0.25, 0.3) is 6.08 Å². The molecule has 0 bridgehead atoms. The van der Waals surface area contributed by atoms with Crippen LogP contribution in [0.15, 0.2) is 65.3 Å². The van der Waals surface area contributed by atoms with Crippen LogP contribution in [-0.4, -0.2) is 24.3 Å². The molecule has 0 unspecified atom stereocenters. The van der Waals surface area contributed by atoms with Gasteiger partial charge in [-0.15, -0.1) is 0 Å². The Morgan fingerprint density at radius 1 is 1.24 bits per heavy atom. The van der Waals surface area contributed by atoms with E-state index >= 15 is 0 Å². The first kappa shape index (κ1) is 16.9. The number of nitrogens with two attached hydrogens (primary N) is 1. The quantitative estimate of drug-likeness (QED) is 0.651. The molecule has 5 nitrogen and oxygen atoms in total. The fourth-order valence-corrected chi connectivity index (χ4v) is 2.62. The molecule has 1 amide bonds. The first-order valence-corrected chi connectivity index (χ1v) is 8.23. The fourth-order valence-electron chi connectivity index (χ4n) is 2.62. The lowest BCUT2D eigenvalue weighted by Crippen LogP contribution is -2.40. The van der Waals surface area contributed by atoms with Gasteiger partial charge in [0.15, 0.2) is 0 Å². The van der Waals surface area contributed by atoms with E-state index < -0.39 is 6.04 Å². The van der Waals surface area contributed by atoms with E-state index in [1.807, 2.05) is 67.6 Å². The van der Waals surface area contributed by atoms with Gasteiger partial charge in [0, 0.05) is 11.1 Å². The normalized spacial score (nSPS) is 17.4. The van der Waals surface area contributed by atoms with E-state index in [1.54, 1.807) is 6.21 Å². The maximum absolute atomic E-state index is 12.1. The van der Waals surface area contributed by atoms with Gasteiger partial charge in [-0.05, 0) is 31.1 Å². The molecule has 0 saturated heterocycles. The maximum atomic E-state index is 12.1. The molecule has 0 saturated carbocycles. The van der Waals surface area contributed by atoms with Crippen LogP contribution in [-0.2, 0) is 11.2 Å². The summed E-state index contributed by atoms with van der Waals surface area (Å²) in [6, 6.07) is 16.8. The number of fused-ring (bicyclic) bond motifs is 1. The molecular formula is C20H21N3O2. The van der Waals surface area contributed by atoms with E-state index in [-0.39, 0.29) is 12.0 Å². The molecular weight excluding hydrogens is 314 g/mol. The first-order chi connectivity index (χ1) is 12.1. The minimum Gasteiger partial charge on any atom is -0.485 e. The second kappa shape index (κ2) is 7.77. The average molecular weight is 335 g/mol. The molecule has 0 aromatic heterocycles. The number of amides is 1. The first-order valence-electron chi connectivity index (χ1n) is 8.23. The highest BCUT2D eigenvalue weighted by atomic mass is 16.5. The Morgan fingerprint density at radius 2 is 1.96 bits per heavy atom. The second-order valence-corrected chi connectivity index (χ2v) is 5.97. The van der Waals surface area contributed by atoms with Crippen molar-refractivity contribution in [2.75, 3.05) is 0 Å². The van der Waals surface area contributed by atoms with Crippen LogP contribution in [0.4, 0.5) is 0 Å². The smallest absolute Gasteiger partial charge is 0.257 e. The number of rotatable bonds is 5. The predicted octanol–water partition coefficient (Wildman–Crippen LogP) is 2.52. The number of ether oxygens (including phenoxy) is 1. The maximum Gasteiger partial charge on any atom is 0.257 e. The third-order valence-corrected chi connectivity index (χ3v) is 4.04. The van der Waals surface area contributed by atoms with Gasteiger partial charge in [0.05, 0.1) is 12.3 Å². The minimum absolute atomic E-state index is 0.131. The van der Waals surface area contributed by atoms with Crippen molar-refractivity contribution in [3.63, 3.8) is 0 Å². The lowest BCUT2D eigenvalue weighted by atomic mass is 10.0. The molecule has 0 spiro atoms. The highest BCUT2D eigenvalue weighted by Crippen LogP contribution is 2.28. The Hall–Kier alpha value is -2.92. The Kier molecular flexibility index (Phi) is 5.26. The zero-order valence-corrected chi connectivity index (χ0v) is 14.1. The van der Waals surface area contributed by atoms with E-state index in [0.717, 1.165) is 22.4 Å². The van der Waals surface area contributed by atoms with Crippen molar-refractivity contribution in [2.45, 2.75) is 25.5 Å². The Labute approximate surface area is 147 Å². The van der Waals surface area contributed by atoms with Crippen molar-refractivity contribution in [1.82, 2.24) is 5.43 Å². The minimum atomic E-state index is -0.644. The van der Waals surface area contributed by atoms with Gasteiger partial charge in [0.25, 0.3) is 5.91 Å². The molecule has 2 aromatic carbocycles. The number of nitrogens with one attached hydrogen (secondary N) is 1. The Morgan fingerprint density at radius 3 is 2.76 bits per heavy atom. The summed E-state index contributed by atoms with van der Waals surface area (Å²) in [6.07, 6.45) is 3.95. The molecule has 1 aliphatic rings. The summed E-state index contributed by atoms with van der Waals surface area (Å²) in [4.78, 5) is 12.1. The van der Waals surface area contributed by atoms with Gasteiger partial charge in [0.1, 0.15) is 11.9 Å². The third kappa shape index (κ3) is 4.33. The number of carbonyl (C=O) groups excluding carboxylic acids is 1. The number of benzene rings is 2. The molecule has 0 radical (unpaired) electrons. The molecule has 3 rings (SSSR count). The lowest BCUT2D eigenvalue weighted by molar-refractivity contribution is -0.122. The van der Waals surface area contributed by atoms with Crippen molar-refractivity contribution in [2.24, 2.45) is 10.8 Å². The van der Waals surface area contributed by atoms with E-state index in [0.29, 0.717) is 6.42 Å². The Bertz CT molecular complexity index is 800. The van der Waals surface area contributed by atoms with E-state index in [4.69, 9.17) is 10.5 Å². The monoisotopic (exact) mass is 335 g/mol. The highest BCUT2D eigenvalue weighted by Gasteiger charge is 2.17. The van der Waals surface area contributed by atoms with Crippen LogP contribution in [0, 0.1) is 0 Å². The summed E-state index contributed by atoms with van der Waals surface area (Å²) in [5, 5.41) is 4.03. The molecule has 3 N–H and O–H groups in total. The van der Waals surface area contributed by atoms with E-state index in [1.165, 1.54) is 0 Å².